The second-order valence-electron chi connectivity index (χ2n) is 9.58. The SMILES string of the molecule is CCCCCCCCCCCCCCCCCCCCOOS(=O)(=O)CCOCCOCCOCC. The molecule has 0 aromatic heterocycles. The van der Waals surface area contributed by atoms with E-state index in [0.717, 1.165) is 19.3 Å². The van der Waals surface area contributed by atoms with E-state index in [2.05, 4.69) is 11.3 Å². The van der Waals surface area contributed by atoms with Crippen LogP contribution in [0, 0.1) is 0 Å². The summed E-state index contributed by atoms with van der Waals surface area (Å²) in [6.45, 7) is 7.02. The molecular formula is C28H58O7S. The van der Waals surface area contributed by atoms with Crippen molar-refractivity contribution >= 4 is 10.1 Å². The van der Waals surface area contributed by atoms with Gasteiger partial charge in [-0.15, -0.1) is 4.33 Å². The molecule has 8 heteroatoms. The highest BCUT2D eigenvalue weighted by Crippen LogP contribution is 2.14. The summed E-state index contributed by atoms with van der Waals surface area (Å²) in [7, 11) is -3.72. The van der Waals surface area contributed by atoms with E-state index in [1.54, 1.807) is 0 Å². The first kappa shape index (κ1) is 35.8. The van der Waals surface area contributed by atoms with Crippen LogP contribution in [0.3, 0.4) is 0 Å². The van der Waals surface area contributed by atoms with Crippen LogP contribution in [0.5, 0.6) is 0 Å². The molecule has 0 spiro atoms. The minimum atomic E-state index is -3.72. The fourth-order valence-electron chi connectivity index (χ4n) is 3.95. The van der Waals surface area contributed by atoms with Gasteiger partial charge in [0.1, 0.15) is 5.75 Å². The lowest BCUT2D eigenvalue weighted by Gasteiger charge is -2.07. The lowest BCUT2D eigenvalue weighted by molar-refractivity contribution is -0.202. The van der Waals surface area contributed by atoms with Crippen molar-refractivity contribution in [2.75, 3.05) is 52.0 Å². The molecular weight excluding hydrogens is 480 g/mol. The van der Waals surface area contributed by atoms with Gasteiger partial charge in [0.25, 0.3) is 10.1 Å². The van der Waals surface area contributed by atoms with Gasteiger partial charge in [-0.3, -0.25) is 0 Å². The van der Waals surface area contributed by atoms with Gasteiger partial charge in [0.2, 0.25) is 0 Å². The zero-order chi connectivity index (χ0) is 26.4. The molecule has 0 amide bonds. The Balaban J connectivity index is 3.24. The van der Waals surface area contributed by atoms with Gasteiger partial charge in [-0.2, -0.15) is 8.42 Å². The molecule has 0 saturated carbocycles. The van der Waals surface area contributed by atoms with Crippen molar-refractivity contribution in [3.05, 3.63) is 0 Å². The quantitative estimate of drug-likeness (QED) is 0.0517. The average Bonchev–Trinajstić information content (AvgIpc) is 2.86. The maximum atomic E-state index is 11.8. The Morgan fingerprint density at radius 3 is 1.28 bits per heavy atom. The van der Waals surface area contributed by atoms with E-state index in [4.69, 9.17) is 19.1 Å². The monoisotopic (exact) mass is 538 g/mol. The van der Waals surface area contributed by atoms with Gasteiger partial charge >= 0.3 is 0 Å². The van der Waals surface area contributed by atoms with Crippen molar-refractivity contribution < 1.29 is 31.8 Å². The van der Waals surface area contributed by atoms with Crippen molar-refractivity contribution in [1.82, 2.24) is 0 Å². The third-order valence-electron chi connectivity index (χ3n) is 6.16. The molecule has 0 heterocycles. The smallest absolute Gasteiger partial charge is 0.295 e. The maximum absolute atomic E-state index is 11.8. The highest BCUT2D eigenvalue weighted by atomic mass is 32.2. The lowest BCUT2D eigenvalue weighted by atomic mass is 10.0. The highest BCUT2D eigenvalue weighted by Gasteiger charge is 2.12. The zero-order valence-corrected chi connectivity index (χ0v) is 24.5. The van der Waals surface area contributed by atoms with Crippen molar-refractivity contribution in [3.63, 3.8) is 0 Å². The number of rotatable bonds is 31. The molecule has 7 nitrogen and oxygen atoms in total. The second-order valence-corrected chi connectivity index (χ2v) is 11.2. The molecule has 0 bridgehead atoms. The van der Waals surface area contributed by atoms with Crippen LogP contribution < -0.4 is 0 Å². The number of unbranched alkanes of at least 4 members (excludes halogenated alkanes) is 17. The lowest BCUT2D eigenvalue weighted by Crippen LogP contribution is -2.17. The normalized spacial score (nSPS) is 11.9. The van der Waals surface area contributed by atoms with E-state index in [9.17, 15) is 8.42 Å². The summed E-state index contributed by atoms with van der Waals surface area (Å²) in [4.78, 5) is 4.88. The zero-order valence-electron chi connectivity index (χ0n) is 23.7. The summed E-state index contributed by atoms with van der Waals surface area (Å²) in [6.07, 6.45) is 23.7. The third-order valence-corrected chi connectivity index (χ3v) is 7.13. The minimum absolute atomic E-state index is 0.0553. The van der Waals surface area contributed by atoms with Crippen LogP contribution in [0.25, 0.3) is 0 Å². The van der Waals surface area contributed by atoms with Crippen molar-refractivity contribution in [1.29, 1.82) is 0 Å². The molecule has 0 rings (SSSR count). The van der Waals surface area contributed by atoms with Gasteiger partial charge < -0.3 is 14.2 Å². The standard InChI is InChI=1S/C28H58O7S/c1-3-5-6-7-8-9-10-11-12-13-14-15-16-17-18-19-20-21-22-34-35-36(29,30)28-27-33-26-25-32-24-23-31-4-2/h3-28H2,1-2H3. The van der Waals surface area contributed by atoms with Gasteiger partial charge in [0, 0.05) is 6.61 Å². The first-order valence-corrected chi connectivity index (χ1v) is 16.5. The topological polar surface area (TPSA) is 80.3 Å². The summed E-state index contributed by atoms with van der Waals surface area (Å²) >= 11 is 0. The summed E-state index contributed by atoms with van der Waals surface area (Å²) in [5.41, 5.74) is 0. The summed E-state index contributed by atoms with van der Waals surface area (Å²) in [5.74, 6) is -0.231. The number of hydrogen-bond donors (Lipinski definition) is 0. The molecule has 0 saturated heterocycles. The van der Waals surface area contributed by atoms with Crippen LogP contribution in [0.4, 0.5) is 0 Å². The maximum Gasteiger partial charge on any atom is 0.295 e. The Hall–Kier alpha value is -0.250. The fourth-order valence-corrected chi connectivity index (χ4v) is 4.55. The van der Waals surface area contributed by atoms with Gasteiger partial charge in [-0.05, 0) is 13.3 Å². The largest absolute Gasteiger partial charge is 0.379 e. The van der Waals surface area contributed by atoms with E-state index >= 15 is 0 Å². The molecule has 0 unspecified atom stereocenters. The number of ether oxygens (including phenoxy) is 3. The molecule has 0 aliphatic heterocycles. The Morgan fingerprint density at radius 2 is 0.833 bits per heavy atom. The molecule has 0 radical (unpaired) electrons. The van der Waals surface area contributed by atoms with Gasteiger partial charge in [-0.25, -0.2) is 4.89 Å². The second kappa shape index (κ2) is 29.3. The van der Waals surface area contributed by atoms with Crippen LogP contribution in [0.15, 0.2) is 0 Å². The van der Waals surface area contributed by atoms with E-state index in [1.165, 1.54) is 96.3 Å². The fraction of sp³-hybridized carbons (Fsp3) is 1.00. The average molecular weight is 539 g/mol. The van der Waals surface area contributed by atoms with Crippen molar-refractivity contribution in [2.24, 2.45) is 0 Å². The van der Waals surface area contributed by atoms with Gasteiger partial charge in [0.15, 0.2) is 0 Å². The molecule has 36 heavy (non-hydrogen) atoms. The summed E-state index contributed by atoms with van der Waals surface area (Å²) in [6, 6.07) is 0. The molecule has 0 aliphatic rings. The number of hydrogen-bond acceptors (Lipinski definition) is 7. The first-order chi connectivity index (χ1) is 17.6. The third kappa shape index (κ3) is 30.0. The van der Waals surface area contributed by atoms with E-state index in [-0.39, 0.29) is 12.4 Å². The van der Waals surface area contributed by atoms with Crippen LogP contribution in [-0.4, -0.2) is 60.4 Å². The van der Waals surface area contributed by atoms with E-state index in [1.807, 2.05) is 6.92 Å². The molecule has 0 atom stereocenters. The van der Waals surface area contributed by atoms with Crippen LogP contribution in [-0.2, 0) is 33.6 Å². The van der Waals surface area contributed by atoms with Crippen LogP contribution in [0.1, 0.15) is 129 Å². The van der Waals surface area contributed by atoms with E-state index in [0.29, 0.717) is 39.6 Å². The summed E-state index contributed by atoms with van der Waals surface area (Å²) in [5, 5.41) is 0. The molecule has 0 aromatic rings. The minimum Gasteiger partial charge on any atom is -0.379 e. The summed E-state index contributed by atoms with van der Waals surface area (Å²) < 4.78 is 43.8. The van der Waals surface area contributed by atoms with Gasteiger partial charge in [-0.1, -0.05) is 116 Å². The van der Waals surface area contributed by atoms with Crippen molar-refractivity contribution in [2.45, 2.75) is 129 Å². The predicted molar refractivity (Wildman–Crippen MR) is 148 cm³/mol. The Kier molecular flexibility index (Phi) is 29.1. The highest BCUT2D eigenvalue weighted by molar-refractivity contribution is 7.86. The molecule has 0 N–H and O–H groups in total. The molecule has 0 aliphatic carbocycles. The predicted octanol–water partition coefficient (Wildman–Crippen LogP) is 7.38. The van der Waals surface area contributed by atoms with Crippen LogP contribution in [0.2, 0.25) is 0 Å². The molecule has 0 aromatic carbocycles. The van der Waals surface area contributed by atoms with E-state index < -0.39 is 10.1 Å². The molecule has 0 fully saturated rings. The molecule has 218 valence electrons. The van der Waals surface area contributed by atoms with Crippen molar-refractivity contribution in [3.8, 4) is 0 Å². The Bertz CT molecular complexity index is 514. The van der Waals surface area contributed by atoms with Gasteiger partial charge in [0.05, 0.1) is 39.6 Å². The Labute approximate surface area is 223 Å². The first-order valence-electron chi connectivity index (χ1n) is 14.9. The Morgan fingerprint density at radius 1 is 0.444 bits per heavy atom. The van der Waals surface area contributed by atoms with Crippen LogP contribution >= 0.6 is 0 Å².